The van der Waals surface area contributed by atoms with Crippen LogP contribution in [0, 0.1) is 6.92 Å². The van der Waals surface area contributed by atoms with Crippen LogP contribution in [0.4, 0.5) is 5.82 Å². The van der Waals surface area contributed by atoms with Gasteiger partial charge < -0.3 is 14.6 Å². The van der Waals surface area contributed by atoms with Crippen molar-refractivity contribution in [3.63, 3.8) is 0 Å². The van der Waals surface area contributed by atoms with Crippen molar-refractivity contribution in [3.05, 3.63) is 54.4 Å². The third-order valence-electron chi connectivity index (χ3n) is 3.83. The summed E-state index contributed by atoms with van der Waals surface area (Å²) in [6, 6.07) is 11.7. The number of methoxy groups -OCH3 is 1. The predicted molar refractivity (Wildman–Crippen MR) is 90.7 cm³/mol. The maximum Gasteiger partial charge on any atom is 0.227 e. The lowest BCUT2D eigenvalue weighted by molar-refractivity contribution is -0.116. The zero-order chi connectivity index (χ0) is 16.2. The summed E-state index contributed by atoms with van der Waals surface area (Å²) in [4.78, 5) is 16.3. The summed E-state index contributed by atoms with van der Waals surface area (Å²) in [7, 11) is 1.65. The van der Waals surface area contributed by atoms with E-state index in [9.17, 15) is 4.79 Å². The average molecular weight is 309 g/mol. The van der Waals surface area contributed by atoms with Crippen LogP contribution in [0.5, 0.6) is 5.75 Å². The Kier molecular flexibility index (Phi) is 4.28. The van der Waals surface area contributed by atoms with Gasteiger partial charge in [0.05, 0.1) is 7.11 Å². The number of fused-ring (bicyclic) bond motifs is 1. The van der Waals surface area contributed by atoms with Crippen LogP contribution in [-0.4, -0.2) is 22.6 Å². The number of aromatic nitrogens is 2. The Labute approximate surface area is 134 Å². The lowest BCUT2D eigenvalue weighted by Gasteiger charge is -2.08. The highest BCUT2D eigenvalue weighted by atomic mass is 16.5. The summed E-state index contributed by atoms with van der Waals surface area (Å²) in [6.07, 6.45) is 4.06. The number of nitrogens with zero attached hydrogens (tertiary/aromatic N) is 2. The Hall–Kier alpha value is -2.82. The van der Waals surface area contributed by atoms with Crippen molar-refractivity contribution in [2.24, 2.45) is 0 Å². The van der Waals surface area contributed by atoms with E-state index in [2.05, 4.69) is 14.9 Å². The molecule has 3 rings (SSSR count). The molecule has 5 nitrogen and oxygen atoms in total. The van der Waals surface area contributed by atoms with E-state index in [0.29, 0.717) is 18.8 Å². The molecule has 1 aromatic carbocycles. The summed E-state index contributed by atoms with van der Waals surface area (Å²) in [6.45, 7) is 2.54. The molecule has 0 saturated carbocycles. The normalized spacial score (nSPS) is 10.7. The number of anilines is 1. The molecule has 0 aliphatic heterocycles. The van der Waals surface area contributed by atoms with E-state index in [1.165, 1.54) is 0 Å². The minimum Gasteiger partial charge on any atom is -0.497 e. The van der Waals surface area contributed by atoms with Crippen molar-refractivity contribution >= 4 is 22.6 Å². The molecule has 118 valence electrons. The van der Waals surface area contributed by atoms with E-state index in [-0.39, 0.29) is 5.91 Å². The largest absolute Gasteiger partial charge is 0.497 e. The van der Waals surface area contributed by atoms with Gasteiger partial charge in [0.25, 0.3) is 0 Å². The standard InChI is InChI=1S/C18H19N3O2/c1-13-4-3-9-19-18(13)20-17(22)8-11-21-10-7-14-12-15(23-2)5-6-16(14)21/h3-7,9-10,12H,8,11H2,1-2H3,(H,19,20,22). The van der Waals surface area contributed by atoms with Crippen molar-refractivity contribution in [1.29, 1.82) is 0 Å². The molecular formula is C18H19N3O2. The van der Waals surface area contributed by atoms with Crippen LogP contribution >= 0.6 is 0 Å². The number of aryl methyl sites for hydroxylation is 2. The van der Waals surface area contributed by atoms with Crippen molar-refractivity contribution in [3.8, 4) is 5.75 Å². The lowest BCUT2D eigenvalue weighted by Crippen LogP contribution is -2.15. The van der Waals surface area contributed by atoms with Gasteiger partial charge in [-0.1, -0.05) is 6.07 Å². The molecule has 23 heavy (non-hydrogen) atoms. The number of benzene rings is 1. The summed E-state index contributed by atoms with van der Waals surface area (Å²) in [5.74, 6) is 1.42. The van der Waals surface area contributed by atoms with Crippen LogP contribution in [0.15, 0.2) is 48.8 Å². The molecule has 0 aliphatic carbocycles. The first-order valence-corrected chi connectivity index (χ1v) is 7.52. The molecule has 1 amide bonds. The van der Waals surface area contributed by atoms with E-state index < -0.39 is 0 Å². The fourth-order valence-corrected chi connectivity index (χ4v) is 2.53. The quantitative estimate of drug-likeness (QED) is 0.786. The highest BCUT2D eigenvalue weighted by Crippen LogP contribution is 2.22. The minimum absolute atomic E-state index is 0.0397. The number of hydrogen-bond acceptors (Lipinski definition) is 3. The average Bonchev–Trinajstić information content (AvgIpc) is 2.97. The van der Waals surface area contributed by atoms with Gasteiger partial charge in [-0.3, -0.25) is 4.79 Å². The number of rotatable bonds is 5. The Morgan fingerprint density at radius 3 is 2.96 bits per heavy atom. The van der Waals surface area contributed by atoms with Gasteiger partial charge in [0.15, 0.2) is 0 Å². The lowest BCUT2D eigenvalue weighted by atomic mass is 10.2. The molecule has 0 fully saturated rings. The fraction of sp³-hybridized carbons (Fsp3) is 0.222. The van der Waals surface area contributed by atoms with Crippen LogP contribution < -0.4 is 10.1 Å². The molecule has 2 aromatic heterocycles. The van der Waals surface area contributed by atoms with E-state index in [4.69, 9.17) is 4.74 Å². The maximum absolute atomic E-state index is 12.1. The zero-order valence-electron chi connectivity index (χ0n) is 13.2. The van der Waals surface area contributed by atoms with Crippen LogP contribution in [0.3, 0.4) is 0 Å². The third kappa shape index (κ3) is 3.34. The molecular weight excluding hydrogens is 290 g/mol. The van der Waals surface area contributed by atoms with Crippen molar-refractivity contribution in [1.82, 2.24) is 9.55 Å². The van der Waals surface area contributed by atoms with E-state index in [1.807, 2.05) is 49.5 Å². The summed E-state index contributed by atoms with van der Waals surface area (Å²) < 4.78 is 7.30. The minimum atomic E-state index is -0.0397. The first kappa shape index (κ1) is 15.1. The van der Waals surface area contributed by atoms with Crippen molar-refractivity contribution in [2.75, 3.05) is 12.4 Å². The zero-order valence-corrected chi connectivity index (χ0v) is 13.2. The number of hydrogen-bond donors (Lipinski definition) is 1. The van der Waals surface area contributed by atoms with Crippen LogP contribution in [0.1, 0.15) is 12.0 Å². The van der Waals surface area contributed by atoms with Crippen LogP contribution in [0.2, 0.25) is 0 Å². The highest BCUT2D eigenvalue weighted by Gasteiger charge is 2.08. The second kappa shape index (κ2) is 6.52. The van der Waals surface area contributed by atoms with Crippen molar-refractivity contribution < 1.29 is 9.53 Å². The van der Waals surface area contributed by atoms with E-state index >= 15 is 0 Å². The van der Waals surface area contributed by atoms with Gasteiger partial charge in [-0.25, -0.2) is 4.98 Å². The number of carbonyl (C=O) groups is 1. The molecule has 2 heterocycles. The van der Waals surface area contributed by atoms with Crippen LogP contribution in [-0.2, 0) is 11.3 Å². The monoisotopic (exact) mass is 309 g/mol. The molecule has 3 aromatic rings. The summed E-state index contributed by atoms with van der Waals surface area (Å²) >= 11 is 0. The van der Waals surface area contributed by atoms with Gasteiger partial charge in [-0.15, -0.1) is 0 Å². The number of carbonyl (C=O) groups excluding carboxylic acids is 1. The first-order valence-electron chi connectivity index (χ1n) is 7.52. The smallest absolute Gasteiger partial charge is 0.227 e. The van der Waals surface area contributed by atoms with Gasteiger partial charge in [0.2, 0.25) is 5.91 Å². The molecule has 0 aliphatic rings. The Balaban J connectivity index is 1.66. The highest BCUT2D eigenvalue weighted by molar-refractivity contribution is 5.90. The Morgan fingerprint density at radius 2 is 2.17 bits per heavy atom. The van der Waals surface area contributed by atoms with E-state index in [0.717, 1.165) is 22.2 Å². The molecule has 0 unspecified atom stereocenters. The molecule has 0 atom stereocenters. The van der Waals surface area contributed by atoms with Gasteiger partial charge in [0.1, 0.15) is 11.6 Å². The maximum atomic E-state index is 12.1. The molecule has 1 N–H and O–H groups in total. The number of ether oxygens (including phenoxy) is 1. The van der Waals surface area contributed by atoms with Gasteiger partial charge in [-0.2, -0.15) is 0 Å². The van der Waals surface area contributed by atoms with Crippen LogP contribution in [0.25, 0.3) is 10.9 Å². The van der Waals surface area contributed by atoms with Gasteiger partial charge in [-0.05, 0) is 42.8 Å². The van der Waals surface area contributed by atoms with E-state index in [1.54, 1.807) is 13.3 Å². The van der Waals surface area contributed by atoms with Gasteiger partial charge in [0, 0.05) is 36.3 Å². The molecule has 0 radical (unpaired) electrons. The number of amides is 1. The number of nitrogens with one attached hydrogen (secondary N) is 1. The molecule has 0 spiro atoms. The summed E-state index contributed by atoms with van der Waals surface area (Å²) in [5, 5.41) is 3.96. The Morgan fingerprint density at radius 1 is 1.30 bits per heavy atom. The fourth-order valence-electron chi connectivity index (χ4n) is 2.53. The topological polar surface area (TPSA) is 56.1 Å². The van der Waals surface area contributed by atoms with Gasteiger partial charge >= 0.3 is 0 Å². The Bertz CT molecular complexity index is 839. The second-order valence-electron chi connectivity index (χ2n) is 5.40. The predicted octanol–water partition coefficient (Wildman–Crippen LogP) is 3.38. The molecule has 0 saturated heterocycles. The molecule has 5 heteroatoms. The number of pyridine rings is 1. The van der Waals surface area contributed by atoms with Crippen molar-refractivity contribution in [2.45, 2.75) is 19.9 Å². The molecule has 0 bridgehead atoms. The first-order chi connectivity index (χ1) is 11.2. The SMILES string of the molecule is COc1ccc2c(ccn2CCC(=O)Nc2ncccc2C)c1. The second-order valence-corrected chi connectivity index (χ2v) is 5.40. The third-order valence-corrected chi connectivity index (χ3v) is 3.83. The summed E-state index contributed by atoms with van der Waals surface area (Å²) in [5.41, 5.74) is 2.05.